The van der Waals surface area contributed by atoms with Gasteiger partial charge in [-0.15, -0.1) is 0 Å². The largest absolute Gasteiger partial charge is 0.489 e. The third-order valence-electron chi connectivity index (χ3n) is 5.32. The number of carboxylic acid groups (broad SMARTS) is 1. The van der Waals surface area contributed by atoms with Crippen molar-refractivity contribution in [3.05, 3.63) is 59.9 Å². The molecule has 1 amide bonds. The van der Waals surface area contributed by atoms with E-state index in [1.165, 1.54) is 0 Å². The SMILES string of the molecule is O=C(Cc1cccc(OCc2cccnc2)c1)NC1CCCCCCC1C(=O)O. The summed E-state index contributed by atoms with van der Waals surface area (Å²) in [5.41, 5.74) is 1.81. The number of nitrogens with zero attached hydrogens (tertiary/aromatic N) is 1. The number of carbonyl (C=O) groups excluding carboxylic acids is 1. The zero-order chi connectivity index (χ0) is 20.5. The molecule has 2 N–H and O–H groups in total. The monoisotopic (exact) mass is 396 g/mol. The van der Waals surface area contributed by atoms with Gasteiger partial charge >= 0.3 is 5.97 Å². The van der Waals surface area contributed by atoms with E-state index < -0.39 is 11.9 Å². The standard InChI is InChI=1S/C23H28N2O4/c26-22(25-21-11-4-2-1-3-10-20(21)23(27)28)14-17-7-5-9-19(13-17)29-16-18-8-6-12-24-15-18/h5-9,12-13,15,20-21H,1-4,10-11,14,16H2,(H,25,26)(H,27,28). The Hall–Kier alpha value is -2.89. The lowest BCUT2D eigenvalue weighted by atomic mass is 9.86. The molecule has 3 rings (SSSR count). The van der Waals surface area contributed by atoms with E-state index in [9.17, 15) is 14.7 Å². The first-order valence-corrected chi connectivity index (χ1v) is 10.2. The Bertz CT molecular complexity index is 810. The molecule has 2 atom stereocenters. The molecule has 1 aliphatic rings. The molecule has 1 heterocycles. The first-order chi connectivity index (χ1) is 14.1. The van der Waals surface area contributed by atoms with Crippen LogP contribution in [-0.4, -0.2) is 28.0 Å². The molecule has 0 spiro atoms. The van der Waals surface area contributed by atoms with Crippen LogP contribution in [0.5, 0.6) is 5.75 Å². The maximum absolute atomic E-state index is 12.6. The Labute approximate surface area is 171 Å². The number of hydrogen-bond acceptors (Lipinski definition) is 4. The van der Waals surface area contributed by atoms with Crippen molar-refractivity contribution in [2.45, 2.75) is 57.6 Å². The fourth-order valence-electron chi connectivity index (χ4n) is 3.79. The number of rotatable bonds is 7. The third-order valence-corrected chi connectivity index (χ3v) is 5.32. The van der Waals surface area contributed by atoms with Gasteiger partial charge in [-0.3, -0.25) is 14.6 Å². The highest BCUT2D eigenvalue weighted by Crippen LogP contribution is 2.23. The van der Waals surface area contributed by atoms with Crippen molar-refractivity contribution in [1.82, 2.24) is 10.3 Å². The van der Waals surface area contributed by atoms with Gasteiger partial charge in [-0.25, -0.2) is 0 Å². The van der Waals surface area contributed by atoms with Crippen molar-refractivity contribution in [2.24, 2.45) is 5.92 Å². The van der Waals surface area contributed by atoms with Gasteiger partial charge in [0.25, 0.3) is 0 Å². The molecule has 154 valence electrons. The van der Waals surface area contributed by atoms with Crippen LogP contribution in [0.25, 0.3) is 0 Å². The van der Waals surface area contributed by atoms with Crippen LogP contribution in [0.1, 0.15) is 49.7 Å². The van der Waals surface area contributed by atoms with E-state index in [0.29, 0.717) is 18.8 Å². The van der Waals surface area contributed by atoms with E-state index in [-0.39, 0.29) is 18.4 Å². The van der Waals surface area contributed by atoms with Crippen molar-refractivity contribution < 1.29 is 19.4 Å². The van der Waals surface area contributed by atoms with Gasteiger partial charge in [-0.2, -0.15) is 0 Å². The van der Waals surface area contributed by atoms with Gasteiger partial charge in [0.2, 0.25) is 5.91 Å². The van der Waals surface area contributed by atoms with Crippen molar-refractivity contribution in [3.8, 4) is 5.75 Å². The summed E-state index contributed by atoms with van der Waals surface area (Å²) in [7, 11) is 0. The van der Waals surface area contributed by atoms with Gasteiger partial charge < -0.3 is 15.2 Å². The number of aliphatic carboxylic acids is 1. The van der Waals surface area contributed by atoms with Gasteiger partial charge in [0.05, 0.1) is 12.3 Å². The maximum Gasteiger partial charge on any atom is 0.308 e. The predicted octanol–water partition coefficient (Wildman–Crippen LogP) is 3.74. The van der Waals surface area contributed by atoms with Crippen LogP contribution in [-0.2, 0) is 22.6 Å². The lowest BCUT2D eigenvalue weighted by Gasteiger charge is -2.27. The van der Waals surface area contributed by atoms with E-state index in [1.54, 1.807) is 12.4 Å². The highest BCUT2D eigenvalue weighted by molar-refractivity contribution is 5.80. The molecule has 0 saturated heterocycles. The summed E-state index contributed by atoms with van der Waals surface area (Å²) in [6, 6.07) is 10.9. The molecule has 1 fully saturated rings. The van der Waals surface area contributed by atoms with Gasteiger partial charge in [0, 0.05) is 24.0 Å². The highest BCUT2D eigenvalue weighted by atomic mass is 16.5. The number of nitrogens with one attached hydrogen (secondary N) is 1. The van der Waals surface area contributed by atoms with E-state index in [2.05, 4.69) is 10.3 Å². The third kappa shape index (κ3) is 6.59. The number of amides is 1. The number of carbonyl (C=O) groups is 2. The molecule has 6 heteroatoms. The topological polar surface area (TPSA) is 88.5 Å². The van der Waals surface area contributed by atoms with Crippen LogP contribution >= 0.6 is 0 Å². The molecule has 6 nitrogen and oxygen atoms in total. The second kappa shape index (κ2) is 10.6. The van der Waals surface area contributed by atoms with E-state index in [4.69, 9.17) is 4.74 Å². The first kappa shape index (κ1) is 20.8. The number of aromatic nitrogens is 1. The summed E-state index contributed by atoms with van der Waals surface area (Å²) in [5, 5.41) is 12.5. The average molecular weight is 396 g/mol. The normalized spacial score (nSPS) is 19.6. The summed E-state index contributed by atoms with van der Waals surface area (Å²) in [6.07, 6.45) is 9.03. The van der Waals surface area contributed by atoms with Crippen LogP contribution in [0.2, 0.25) is 0 Å². The fraction of sp³-hybridized carbons (Fsp3) is 0.435. The second-order valence-corrected chi connectivity index (χ2v) is 7.58. The molecule has 0 bridgehead atoms. The van der Waals surface area contributed by atoms with Crippen molar-refractivity contribution in [1.29, 1.82) is 0 Å². The molecule has 29 heavy (non-hydrogen) atoms. The quantitative estimate of drug-likeness (QED) is 0.744. The zero-order valence-corrected chi connectivity index (χ0v) is 16.5. The number of ether oxygens (including phenoxy) is 1. The molecular formula is C23H28N2O4. The number of hydrogen-bond donors (Lipinski definition) is 2. The van der Waals surface area contributed by atoms with Gasteiger partial charge in [0.1, 0.15) is 12.4 Å². The molecule has 1 aliphatic carbocycles. The predicted molar refractivity (Wildman–Crippen MR) is 109 cm³/mol. The molecule has 1 aromatic heterocycles. The first-order valence-electron chi connectivity index (χ1n) is 10.2. The molecular weight excluding hydrogens is 368 g/mol. The van der Waals surface area contributed by atoms with Crippen LogP contribution in [0.4, 0.5) is 0 Å². The minimum absolute atomic E-state index is 0.147. The Morgan fingerprint density at radius 3 is 2.62 bits per heavy atom. The summed E-state index contributed by atoms with van der Waals surface area (Å²) >= 11 is 0. The molecule has 1 saturated carbocycles. The van der Waals surface area contributed by atoms with Crippen molar-refractivity contribution >= 4 is 11.9 Å². The van der Waals surface area contributed by atoms with Crippen LogP contribution < -0.4 is 10.1 Å². The fourth-order valence-corrected chi connectivity index (χ4v) is 3.79. The van der Waals surface area contributed by atoms with E-state index in [0.717, 1.165) is 43.2 Å². The van der Waals surface area contributed by atoms with Gasteiger partial charge in [-0.05, 0) is 36.6 Å². The molecule has 2 unspecified atom stereocenters. The summed E-state index contributed by atoms with van der Waals surface area (Å²) in [6.45, 7) is 0.409. The summed E-state index contributed by atoms with van der Waals surface area (Å²) < 4.78 is 5.79. The van der Waals surface area contributed by atoms with Crippen LogP contribution in [0.15, 0.2) is 48.8 Å². The zero-order valence-electron chi connectivity index (χ0n) is 16.5. The Morgan fingerprint density at radius 1 is 1.07 bits per heavy atom. The minimum atomic E-state index is -0.817. The van der Waals surface area contributed by atoms with E-state index >= 15 is 0 Å². The lowest BCUT2D eigenvalue weighted by Crippen LogP contribution is -2.44. The van der Waals surface area contributed by atoms with Crippen molar-refractivity contribution in [2.75, 3.05) is 0 Å². The average Bonchev–Trinajstić information content (AvgIpc) is 2.69. The molecule has 2 aromatic rings. The number of pyridine rings is 1. The van der Waals surface area contributed by atoms with Crippen molar-refractivity contribution in [3.63, 3.8) is 0 Å². The maximum atomic E-state index is 12.6. The Morgan fingerprint density at radius 2 is 1.86 bits per heavy atom. The summed E-state index contributed by atoms with van der Waals surface area (Å²) in [4.78, 5) is 28.3. The number of carboxylic acids is 1. The molecule has 0 aliphatic heterocycles. The summed E-state index contributed by atoms with van der Waals surface area (Å²) in [5.74, 6) is -0.781. The lowest BCUT2D eigenvalue weighted by molar-refractivity contribution is -0.143. The minimum Gasteiger partial charge on any atom is -0.489 e. The highest BCUT2D eigenvalue weighted by Gasteiger charge is 2.29. The molecule has 1 aromatic carbocycles. The van der Waals surface area contributed by atoms with Gasteiger partial charge in [-0.1, -0.05) is 43.9 Å². The Kier molecular flexibility index (Phi) is 7.61. The molecule has 0 radical (unpaired) electrons. The van der Waals surface area contributed by atoms with Crippen LogP contribution in [0, 0.1) is 5.92 Å². The van der Waals surface area contributed by atoms with Gasteiger partial charge in [0.15, 0.2) is 0 Å². The van der Waals surface area contributed by atoms with E-state index in [1.807, 2.05) is 36.4 Å². The second-order valence-electron chi connectivity index (χ2n) is 7.58. The smallest absolute Gasteiger partial charge is 0.308 e. The van der Waals surface area contributed by atoms with Crippen LogP contribution in [0.3, 0.4) is 0 Å². The Balaban J connectivity index is 1.57. The number of benzene rings is 1.